The first-order valence-electron chi connectivity index (χ1n) is 6.21. The third kappa shape index (κ3) is 3.82. The van der Waals surface area contributed by atoms with Crippen molar-refractivity contribution in [2.75, 3.05) is 7.11 Å². The number of hydrogen-bond donors (Lipinski definition) is 2. The Morgan fingerprint density at radius 2 is 1.90 bits per heavy atom. The molecule has 1 aromatic carbocycles. The first kappa shape index (κ1) is 14.6. The molecule has 2 aromatic rings. The Morgan fingerprint density at radius 3 is 2.52 bits per heavy atom. The van der Waals surface area contributed by atoms with Crippen LogP contribution >= 0.6 is 0 Å². The first-order chi connectivity index (χ1) is 10.1. The minimum absolute atomic E-state index is 0.254. The second-order valence-electron chi connectivity index (χ2n) is 4.30. The summed E-state index contributed by atoms with van der Waals surface area (Å²) in [6, 6.07) is 7.34. The largest absolute Gasteiger partial charge is 0.497 e. The van der Waals surface area contributed by atoms with Gasteiger partial charge in [-0.15, -0.1) is 0 Å². The highest BCUT2D eigenvalue weighted by atomic mass is 16.6. The van der Waals surface area contributed by atoms with E-state index in [4.69, 9.17) is 9.57 Å². The summed E-state index contributed by atoms with van der Waals surface area (Å²) >= 11 is 0. The molecule has 0 unspecified atom stereocenters. The highest BCUT2D eigenvalue weighted by Crippen LogP contribution is 2.11. The molecule has 7 nitrogen and oxygen atoms in total. The zero-order chi connectivity index (χ0) is 15.2. The fourth-order valence-electron chi connectivity index (χ4n) is 1.69. The predicted molar refractivity (Wildman–Crippen MR) is 77.8 cm³/mol. The number of hydrogen-bond acceptors (Lipinski definition) is 5. The Bertz CT molecular complexity index is 744. The van der Waals surface area contributed by atoms with Gasteiger partial charge in [0.05, 0.1) is 18.9 Å². The normalized spacial score (nSPS) is 10.8. The van der Waals surface area contributed by atoms with Crippen LogP contribution in [0.15, 0.2) is 39.0 Å². The van der Waals surface area contributed by atoms with Crippen molar-refractivity contribution in [3.63, 3.8) is 0 Å². The average molecular weight is 289 g/mol. The first-order valence-corrected chi connectivity index (χ1v) is 6.21. The van der Waals surface area contributed by atoms with Crippen molar-refractivity contribution in [2.24, 2.45) is 5.16 Å². The van der Waals surface area contributed by atoms with Gasteiger partial charge in [0.25, 0.3) is 5.56 Å². The van der Waals surface area contributed by atoms with E-state index in [-0.39, 0.29) is 12.2 Å². The minimum atomic E-state index is -0.547. The van der Waals surface area contributed by atoms with E-state index in [1.807, 2.05) is 24.3 Å². The fraction of sp³-hybridized carbons (Fsp3) is 0.214. The number of methoxy groups -OCH3 is 1. The second kappa shape index (κ2) is 6.56. The number of aromatic nitrogens is 2. The van der Waals surface area contributed by atoms with E-state index >= 15 is 0 Å². The molecule has 0 spiro atoms. The minimum Gasteiger partial charge on any atom is -0.497 e. The summed E-state index contributed by atoms with van der Waals surface area (Å²) in [6.07, 6.45) is 1.27. The quantitative estimate of drug-likeness (QED) is 0.632. The van der Waals surface area contributed by atoms with Crippen LogP contribution in [0.5, 0.6) is 5.75 Å². The second-order valence-corrected chi connectivity index (χ2v) is 4.30. The SMILES string of the molecule is COc1ccc(CO/N=C\c2c(C)[nH]c(=O)[nH]c2=O)cc1. The lowest BCUT2D eigenvalue weighted by Crippen LogP contribution is -2.26. The van der Waals surface area contributed by atoms with Crippen LogP contribution in [-0.2, 0) is 11.4 Å². The van der Waals surface area contributed by atoms with Crippen LogP contribution in [0.4, 0.5) is 0 Å². The van der Waals surface area contributed by atoms with Crippen LogP contribution in [-0.4, -0.2) is 23.3 Å². The van der Waals surface area contributed by atoms with Gasteiger partial charge in [-0.2, -0.15) is 0 Å². The molecule has 0 saturated carbocycles. The van der Waals surface area contributed by atoms with Gasteiger partial charge < -0.3 is 14.6 Å². The van der Waals surface area contributed by atoms with E-state index in [2.05, 4.69) is 15.1 Å². The zero-order valence-electron chi connectivity index (χ0n) is 11.7. The Morgan fingerprint density at radius 1 is 1.19 bits per heavy atom. The predicted octanol–water partition coefficient (Wildman–Crippen LogP) is 0.931. The molecule has 110 valence electrons. The molecule has 1 heterocycles. The highest BCUT2D eigenvalue weighted by molar-refractivity contribution is 5.79. The third-order valence-corrected chi connectivity index (χ3v) is 2.82. The molecule has 0 atom stereocenters. The average Bonchev–Trinajstić information content (AvgIpc) is 2.46. The van der Waals surface area contributed by atoms with Gasteiger partial charge in [-0.1, -0.05) is 17.3 Å². The molecule has 1 aromatic heterocycles. The van der Waals surface area contributed by atoms with E-state index in [0.29, 0.717) is 5.69 Å². The molecule has 2 N–H and O–H groups in total. The Balaban J connectivity index is 1.99. The lowest BCUT2D eigenvalue weighted by atomic mass is 10.2. The number of aryl methyl sites for hydroxylation is 1. The summed E-state index contributed by atoms with van der Waals surface area (Å²) in [5.74, 6) is 0.762. The maximum absolute atomic E-state index is 11.6. The Labute approximate surface area is 120 Å². The van der Waals surface area contributed by atoms with Gasteiger partial charge in [0.2, 0.25) is 0 Å². The van der Waals surface area contributed by atoms with E-state index in [1.54, 1.807) is 14.0 Å². The molecule has 0 bridgehead atoms. The van der Waals surface area contributed by atoms with E-state index in [1.165, 1.54) is 6.21 Å². The van der Waals surface area contributed by atoms with Crippen molar-refractivity contribution in [3.05, 3.63) is 61.9 Å². The van der Waals surface area contributed by atoms with Gasteiger partial charge in [0, 0.05) is 5.69 Å². The molecular formula is C14H15N3O4. The summed E-state index contributed by atoms with van der Waals surface area (Å²) in [5, 5.41) is 3.73. The molecule has 7 heteroatoms. The van der Waals surface area contributed by atoms with Crippen LogP contribution in [0.2, 0.25) is 0 Å². The van der Waals surface area contributed by atoms with E-state index in [0.717, 1.165) is 11.3 Å². The van der Waals surface area contributed by atoms with Gasteiger partial charge in [0.15, 0.2) is 0 Å². The molecule has 0 aliphatic rings. The molecule has 0 amide bonds. The molecule has 0 aliphatic carbocycles. The molecule has 21 heavy (non-hydrogen) atoms. The maximum atomic E-state index is 11.6. The number of oxime groups is 1. The number of aromatic amines is 2. The van der Waals surface area contributed by atoms with Crippen LogP contribution < -0.4 is 16.0 Å². The van der Waals surface area contributed by atoms with Crippen molar-refractivity contribution in [1.29, 1.82) is 0 Å². The van der Waals surface area contributed by atoms with Crippen molar-refractivity contribution in [2.45, 2.75) is 13.5 Å². The lowest BCUT2D eigenvalue weighted by molar-refractivity contribution is 0.132. The molecular weight excluding hydrogens is 274 g/mol. The molecule has 0 aliphatic heterocycles. The van der Waals surface area contributed by atoms with E-state index < -0.39 is 11.2 Å². The molecule has 0 fully saturated rings. The van der Waals surface area contributed by atoms with Crippen molar-refractivity contribution < 1.29 is 9.57 Å². The van der Waals surface area contributed by atoms with Crippen molar-refractivity contribution >= 4 is 6.21 Å². The number of rotatable bonds is 5. The summed E-state index contributed by atoms with van der Waals surface area (Å²) < 4.78 is 5.05. The van der Waals surface area contributed by atoms with Gasteiger partial charge in [-0.3, -0.25) is 9.78 Å². The standard InChI is InChI=1S/C14H15N3O4/c1-9-12(13(18)17-14(19)16-9)7-15-21-8-10-3-5-11(20-2)6-4-10/h3-7H,8H2,1-2H3,(H2,16,17,18,19)/b15-7-. The summed E-state index contributed by atoms with van der Waals surface area (Å²) in [6.45, 7) is 1.88. The molecule has 0 radical (unpaired) electrons. The molecule has 2 rings (SSSR count). The van der Waals surface area contributed by atoms with E-state index in [9.17, 15) is 9.59 Å². The van der Waals surface area contributed by atoms with Crippen molar-refractivity contribution in [1.82, 2.24) is 9.97 Å². The lowest BCUT2D eigenvalue weighted by Gasteiger charge is -2.02. The van der Waals surface area contributed by atoms with Crippen LogP contribution in [0.1, 0.15) is 16.8 Å². The fourth-order valence-corrected chi connectivity index (χ4v) is 1.69. The van der Waals surface area contributed by atoms with Crippen LogP contribution in [0, 0.1) is 6.92 Å². The van der Waals surface area contributed by atoms with Crippen LogP contribution in [0.3, 0.4) is 0 Å². The van der Waals surface area contributed by atoms with Gasteiger partial charge >= 0.3 is 5.69 Å². The highest BCUT2D eigenvalue weighted by Gasteiger charge is 2.02. The third-order valence-electron chi connectivity index (χ3n) is 2.82. The number of H-pyrrole nitrogens is 2. The smallest absolute Gasteiger partial charge is 0.325 e. The summed E-state index contributed by atoms with van der Waals surface area (Å²) in [4.78, 5) is 32.3. The van der Waals surface area contributed by atoms with Gasteiger partial charge in [0.1, 0.15) is 12.4 Å². The Kier molecular flexibility index (Phi) is 4.55. The number of ether oxygens (including phenoxy) is 1. The number of nitrogens with one attached hydrogen (secondary N) is 2. The summed E-state index contributed by atoms with van der Waals surface area (Å²) in [7, 11) is 1.60. The monoisotopic (exact) mass is 289 g/mol. The Hall–Kier alpha value is -2.83. The van der Waals surface area contributed by atoms with Crippen molar-refractivity contribution in [3.8, 4) is 5.75 Å². The van der Waals surface area contributed by atoms with Gasteiger partial charge in [-0.25, -0.2) is 4.79 Å². The van der Waals surface area contributed by atoms with Gasteiger partial charge in [-0.05, 0) is 24.6 Å². The summed E-state index contributed by atoms with van der Waals surface area (Å²) in [5.41, 5.74) is 0.548. The number of benzene rings is 1. The topological polar surface area (TPSA) is 96.5 Å². The maximum Gasteiger partial charge on any atom is 0.325 e. The van der Waals surface area contributed by atoms with Crippen LogP contribution in [0.25, 0.3) is 0 Å². The number of nitrogens with zero attached hydrogens (tertiary/aromatic N) is 1. The molecule has 0 saturated heterocycles. The zero-order valence-corrected chi connectivity index (χ0v) is 11.7.